The Bertz CT molecular complexity index is 869. The van der Waals surface area contributed by atoms with E-state index in [0.29, 0.717) is 37.4 Å². The molecule has 148 valence electrons. The molecule has 0 spiro atoms. The molecule has 0 saturated carbocycles. The van der Waals surface area contributed by atoms with E-state index in [0.717, 1.165) is 5.69 Å². The van der Waals surface area contributed by atoms with E-state index in [9.17, 15) is 18.3 Å². The quantitative estimate of drug-likeness (QED) is 0.832. The van der Waals surface area contributed by atoms with Crippen LogP contribution in [0.4, 0.5) is 10.5 Å². The maximum atomic E-state index is 11.7. The van der Waals surface area contributed by atoms with Crippen LogP contribution in [-0.4, -0.2) is 61.0 Å². The molecule has 27 heavy (non-hydrogen) atoms. The maximum absolute atomic E-state index is 11.7. The Labute approximate surface area is 160 Å². The van der Waals surface area contributed by atoms with Gasteiger partial charge in [-0.25, -0.2) is 13.2 Å². The fraction of sp³-hybridized carbons (Fsp3) is 0.526. The van der Waals surface area contributed by atoms with Crippen molar-refractivity contribution in [2.75, 3.05) is 30.9 Å². The smallest absolute Gasteiger partial charge is 0.407 e. The predicted molar refractivity (Wildman–Crippen MR) is 104 cm³/mol. The molecule has 3 rings (SSSR count). The summed E-state index contributed by atoms with van der Waals surface area (Å²) < 4.78 is 23.5. The van der Waals surface area contributed by atoms with E-state index in [1.807, 2.05) is 12.1 Å². The molecule has 8 heteroatoms. The largest absolute Gasteiger partial charge is 0.465 e. The van der Waals surface area contributed by atoms with Crippen molar-refractivity contribution in [3.8, 4) is 0 Å². The Morgan fingerprint density at radius 1 is 1.07 bits per heavy atom. The second-order valence-electron chi connectivity index (χ2n) is 8.13. The lowest BCUT2D eigenvalue weighted by Gasteiger charge is -2.44. The van der Waals surface area contributed by atoms with Gasteiger partial charge in [0.05, 0.1) is 22.7 Å². The van der Waals surface area contributed by atoms with E-state index in [4.69, 9.17) is 0 Å². The van der Waals surface area contributed by atoms with Gasteiger partial charge in [-0.1, -0.05) is 0 Å². The maximum Gasteiger partial charge on any atom is 0.407 e. The monoisotopic (exact) mass is 393 g/mol. The van der Waals surface area contributed by atoms with Crippen LogP contribution in [0.3, 0.4) is 0 Å². The number of sulfone groups is 1. The average molecular weight is 394 g/mol. The highest BCUT2D eigenvalue weighted by molar-refractivity contribution is 7.90. The third-order valence-corrected chi connectivity index (χ3v) is 6.15. The van der Waals surface area contributed by atoms with Crippen LogP contribution < -0.4 is 5.01 Å². The Morgan fingerprint density at radius 3 is 2.19 bits per heavy atom. The average Bonchev–Trinajstić information content (AvgIpc) is 2.81. The van der Waals surface area contributed by atoms with E-state index in [1.165, 1.54) is 22.4 Å². The number of nitrogens with zero attached hydrogens (tertiary/aromatic N) is 3. The molecule has 2 aliphatic heterocycles. The van der Waals surface area contributed by atoms with E-state index < -0.39 is 15.9 Å². The van der Waals surface area contributed by atoms with E-state index >= 15 is 0 Å². The van der Waals surface area contributed by atoms with Gasteiger partial charge in [-0.2, -0.15) is 0 Å². The van der Waals surface area contributed by atoms with Crippen LogP contribution in [0, 0.1) is 0 Å². The summed E-state index contributed by atoms with van der Waals surface area (Å²) in [5.74, 6) is 0. The first-order valence-electron chi connectivity index (χ1n) is 9.05. The summed E-state index contributed by atoms with van der Waals surface area (Å²) in [5, 5.41) is 13.7. The first kappa shape index (κ1) is 19.5. The summed E-state index contributed by atoms with van der Waals surface area (Å²) in [5.41, 5.74) is 3.17. The number of carboxylic acid groups (broad SMARTS) is 1. The summed E-state index contributed by atoms with van der Waals surface area (Å²) in [6, 6.07) is 6.96. The molecule has 0 bridgehead atoms. The molecule has 0 aliphatic carbocycles. The first-order chi connectivity index (χ1) is 12.5. The second kappa shape index (κ2) is 6.74. The van der Waals surface area contributed by atoms with Crippen LogP contribution in [0.1, 0.15) is 33.6 Å². The van der Waals surface area contributed by atoms with E-state index in [2.05, 4.69) is 30.8 Å². The Kier molecular flexibility index (Phi) is 4.88. The van der Waals surface area contributed by atoms with Gasteiger partial charge >= 0.3 is 6.09 Å². The summed E-state index contributed by atoms with van der Waals surface area (Å²) in [6.07, 6.45) is 1.73. The zero-order valence-corrected chi connectivity index (χ0v) is 17.1. The predicted octanol–water partition coefficient (Wildman–Crippen LogP) is 2.95. The minimum Gasteiger partial charge on any atom is -0.465 e. The second-order valence-corrected chi connectivity index (χ2v) is 10.1. The lowest BCUT2D eigenvalue weighted by molar-refractivity contribution is 0.142. The molecule has 1 aromatic carbocycles. The van der Waals surface area contributed by atoms with Crippen LogP contribution in [0.15, 0.2) is 40.4 Å². The molecular formula is C19H27N3O4S. The minimum absolute atomic E-state index is 0.190. The number of benzene rings is 1. The van der Waals surface area contributed by atoms with Crippen molar-refractivity contribution >= 4 is 21.6 Å². The third kappa shape index (κ3) is 3.90. The summed E-state index contributed by atoms with van der Waals surface area (Å²) in [6.45, 7) is 8.06. The minimum atomic E-state index is -3.23. The van der Waals surface area contributed by atoms with Gasteiger partial charge in [-0.15, -0.1) is 0 Å². The lowest BCUT2D eigenvalue weighted by Crippen LogP contribution is -2.49. The van der Waals surface area contributed by atoms with Gasteiger partial charge in [0.15, 0.2) is 9.84 Å². The molecule has 2 aliphatic rings. The molecule has 2 heterocycles. The molecule has 1 amide bonds. The van der Waals surface area contributed by atoms with Crippen molar-refractivity contribution in [2.45, 2.75) is 44.0 Å². The number of anilines is 1. The number of rotatable bonds is 2. The Hall–Kier alpha value is -2.22. The van der Waals surface area contributed by atoms with Crippen molar-refractivity contribution < 1.29 is 18.3 Å². The van der Waals surface area contributed by atoms with Gasteiger partial charge in [0.2, 0.25) is 0 Å². The molecule has 1 N–H and O–H groups in total. The molecule has 7 nitrogen and oxygen atoms in total. The number of hydrazine groups is 1. The molecular weight excluding hydrogens is 366 g/mol. The van der Waals surface area contributed by atoms with Gasteiger partial charge < -0.3 is 10.0 Å². The Morgan fingerprint density at radius 2 is 1.67 bits per heavy atom. The van der Waals surface area contributed by atoms with Gasteiger partial charge in [-0.05, 0) is 57.0 Å². The van der Waals surface area contributed by atoms with E-state index in [1.54, 1.807) is 12.1 Å². The topological polar surface area (TPSA) is 81.2 Å². The molecule has 0 atom stereocenters. The van der Waals surface area contributed by atoms with Gasteiger partial charge in [0.1, 0.15) is 0 Å². The molecule has 0 aromatic heterocycles. The highest BCUT2D eigenvalue weighted by Crippen LogP contribution is 2.38. The lowest BCUT2D eigenvalue weighted by atomic mass is 10.1. The van der Waals surface area contributed by atoms with Crippen LogP contribution >= 0.6 is 0 Å². The zero-order chi connectivity index (χ0) is 20.0. The van der Waals surface area contributed by atoms with Crippen LogP contribution in [0.5, 0.6) is 0 Å². The van der Waals surface area contributed by atoms with Gasteiger partial charge in [0.25, 0.3) is 0 Å². The molecule has 0 fully saturated rings. The first-order valence-corrected chi connectivity index (χ1v) is 10.9. The van der Waals surface area contributed by atoms with Crippen molar-refractivity contribution in [2.24, 2.45) is 0 Å². The van der Waals surface area contributed by atoms with Crippen LogP contribution in [-0.2, 0) is 9.84 Å². The van der Waals surface area contributed by atoms with Gasteiger partial charge in [0, 0.05) is 31.5 Å². The summed E-state index contributed by atoms with van der Waals surface area (Å²) >= 11 is 0. The number of hydrogen-bond acceptors (Lipinski definition) is 5. The third-order valence-electron chi connectivity index (χ3n) is 5.02. The highest BCUT2D eigenvalue weighted by Gasteiger charge is 2.38. The van der Waals surface area contributed by atoms with E-state index in [-0.39, 0.29) is 5.54 Å². The fourth-order valence-corrected chi connectivity index (χ4v) is 4.43. The number of amides is 1. The fourth-order valence-electron chi connectivity index (χ4n) is 3.80. The zero-order valence-electron chi connectivity index (χ0n) is 16.3. The standard InChI is InChI=1S/C19H27N3O4S/c1-19(2,3)22-17-10-12-20(18(23)24)11-9-14(17)13-21(22)15-5-7-16(8-6-15)27(4,25)26/h5-8H,9-13H2,1-4H3,(H,23,24). The van der Waals surface area contributed by atoms with Crippen molar-refractivity contribution in [1.29, 1.82) is 0 Å². The number of hydrogen-bond donors (Lipinski definition) is 1. The van der Waals surface area contributed by atoms with Crippen molar-refractivity contribution in [1.82, 2.24) is 9.91 Å². The molecule has 0 saturated heterocycles. The molecule has 1 aromatic rings. The molecule has 0 radical (unpaired) electrons. The van der Waals surface area contributed by atoms with Crippen LogP contribution in [0.2, 0.25) is 0 Å². The Balaban J connectivity index is 1.91. The SMILES string of the molecule is CC(C)(C)N1C2=C(CCN(C(=O)O)CC2)CN1c1ccc(S(C)(=O)=O)cc1. The summed E-state index contributed by atoms with van der Waals surface area (Å²) in [4.78, 5) is 13.1. The van der Waals surface area contributed by atoms with Crippen LogP contribution in [0.25, 0.3) is 0 Å². The highest BCUT2D eigenvalue weighted by atomic mass is 32.2. The molecule has 0 unspecified atom stereocenters. The van der Waals surface area contributed by atoms with Crippen molar-refractivity contribution in [3.05, 3.63) is 35.5 Å². The normalized spacial score (nSPS) is 18.6. The summed E-state index contributed by atoms with van der Waals surface area (Å²) in [7, 11) is -3.23. The van der Waals surface area contributed by atoms with Crippen molar-refractivity contribution in [3.63, 3.8) is 0 Å². The number of carbonyl (C=O) groups is 1. The van der Waals surface area contributed by atoms with Gasteiger partial charge in [-0.3, -0.25) is 10.0 Å².